The van der Waals surface area contributed by atoms with E-state index in [1.54, 1.807) is 32.0 Å². The van der Waals surface area contributed by atoms with E-state index in [4.69, 9.17) is 9.47 Å². The maximum Gasteiger partial charge on any atom is 0.327 e. The number of thioether (sulfide) groups is 1. The third-order valence-corrected chi connectivity index (χ3v) is 6.19. The van der Waals surface area contributed by atoms with E-state index >= 15 is 0 Å². The average Bonchev–Trinajstić information content (AvgIpc) is 2.86. The first-order valence-corrected chi connectivity index (χ1v) is 8.85. The first-order valence-electron chi connectivity index (χ1n) is 7.97. The second-order valence-corrected chi connectivity index (χ2v) is 8.36. The van der Waals surface area contributed by atoms with Gasteiger partial charge in [-0.2, -0.15) is 0 Å². The number of nitrogens with zero attached hydrogens (tertiary/aromatic N) is 1. The lowest BCUT2D eigenvalue weighted by atomic mass is 9.96. The summed E-state index contributed by atoms with van der Waals surface area (Å²) < 4.78 is 9.79. The molecule has 2 heterocycles. The molecule has 2 fully saturated rings. The van der Waals surface area contributed by atoms with E-state index in [-0.39, 0.29) is 5.56 Å². The zero-order chi connectivity index (χ0) is 19.2. The molecule has 2 saturated heterocycles. The van der Waals surface area contributed by atoms with Gasteiger partial charge in [-0.1, -0.05) is 6.07 Å². The van der Waals surface area contributed by atoms with E-state index in [1.807, 2.05) is 0 Å². The van der Waals surface area contributed by atoms with Crippen molar-refractivity contribution < 1.29 is 29.0 Å². The number of rotatable bonds is 5. The highest BCUT2D eigenvalue weighted by Gasteiger charge is 2.64. The van der Waals surface area contributed by atoms with E-state index in [9.17, 15) is 19.5 Å². The van der Waals surface area contributed by atoms with Gasteiger partial charge in [0.05, 0.1) is 14.2 Å². The summed E-state index contributed by atoms with van der Waals surface area (Å²) in [6.07, 6.45) is 0. The highest BCUT2D eigenvalue weighted by molar-refractivity contribution is 8.01. The molecule has 0 spiro atoms. The summed E-state index contributed by atoms with van der Waals surface area (Å²) in [4.78, 5) is 38.1. The summed E-state index contributed by atoms with van der Waals surface area (Å²) >= 11 is 1.37. The van der Waals surface area contributed by atoms with Gasteiger partial charge in [-0.25, -0.2) is 4.79 Å². The van der Waals surface area contributed by atoms with Crippen LogP contribution >= 0.6 is 11.8 Å². The number of methoxy groups -OCH3 is 2. The molecule has 3 atom stereocenters. The number of aliphatic carboxylic acids is 1. The highest BCUT2D eigenvalue weighted by Crippen LogP contribution is 2.50. The first kappa shape index (κ1) is 18.4. The van der Waals surface area contributed by atoms with Crippen molar-refractivity contribution in [1.29, 1.82) is 0 Å². The van der Waals surface area contributed by atoms with Crippen molar-refractivity contribution in [1.82, 2.24) is 10.2 Å². The summed E-state index contributed by atoms with van der Waals surface area (Å²) in [5.41, 5.74) is 0.195. The Balaban J connectivity index is 1.83. The molecule has 26 heavy (non-hydrogen) atoms. The van der Waals surface area contributed by atoms with Crippen molar-refractivity contribution in [3.8, 4) is 11.5 Å². The minimum atomic E-state index is -1.05. The smallest absolute Gasteiger partial charge is 0.327 e. The number of amides is 2. The molecule has 2 N–H and O–H groups in total. The van der Waals surface area contributed by atoms with Crippen LogP contribution < -0.4 is 14.8 Å². The number of fused-ring (bicyclic) bond motifs is 1. The second kappa shape index (κ2) is 6.39. The minimum absolute atomic E-state index is 0.195. The topological polar surface area (TPSA) is 105 Å². The lowest BCUT2D eigenvalue weighted by Crippen LogP contribution is -2.70. The molecule has 2 aliphatic rings. The fourth-order valence-electron chi connectivity index (χ4n) is 3.43. The van der Waals surface area contributed by atoms with E-state index in [0.717, 1.165) is 0 Å². The van der Waals surface area contributed by atoms with Gasteiger partial charge in [-0.3, -0.25) is 9.59 Å². The maximum absolute atomic E-state index is 12.8. The Morgan fingerprint density at radius 1 is 1.23 bits per heavy atom. The summed E-state index contributed by atoms with van der Waals surface area (Å²) in [6.45, 7) is 3.56. The largest absolute Gasteiger partial charge is 0.496 e. The van der Waals surface area contributed by atoms with Gasteiger partial charge < -0.3 is 24.8 Å². The van der Waals surface area contributed by atoms with Crippen LogP contribution in [0.1, 0.15) is 24.2 Å². The number of β-lactam (4-membered cyclic amide) rings is 1. The molecule has 0 aromatic heterocycles. The van der Waals surface area contributed by atoms with Crippen molar-refractivity contribution in [3.05, 3.63) is 23.8 Å². The SMILES string of the molecule is COc1cccc(OC)c1C(=O)N[C@H]1C(=O)N2[C@@H]1SC(C)(C)[C@H]2C(=O)O. The Morgan fingerprint density at radius 2 is 1.81 bits per heavy atom. The van der Waals surface area contributed by atoms with Gasteiger partial charge in [0.1, 0.15) is 34.5 Å². The Kier molecular flexibility index (Phi) is 4.51. The van der Waals surface area contributed by atoms with Gasteiger partial charge >= 0.3 is 5.97 Å². The van der Waals surface area contributed by atoms with Gasteiger partial charge in [0.25, 0.3) is 5.91 Å². The summed E-state index contributed by atoms with van der Waals surface area (Å²) in [7, 11) is 2.88. The quantitative estimate of drug-likeness (QED) is 0.733. The number of nitrogens with one attached hydrogen (secondary N) is 1. The molecule has 3 rings (SSSR count). The monoisotopic (exact) mass is 380 g/mol. The lowest BCUT2D eigenvalue weighted by Gasteiger charge is -2.43. The molecule has 8 nitrogen and oxygen atoms in total. The summed E-state index contributed by atoms with van der Waals surface area (Å²) in [6, 6.07) is 3.24. The van der Waals surface area contributed by atoms with Crippen molar-refractivity contribution in [2.24, 2.45) is 0 Å². The molecule has 0 bridgehead atoms. The summed E-state index contributed by atoms with van der Waals surface area (Å²) in [5, 5.41) is 11.7. The lowest BCUT2D eigenvalue weighted by molar-refractivity contribution is -0.159. The molecule has 9 heteroatoms. The van der Waals surface area contributed by atoms with Crippen molar-refractivity contribution in [2.45, 2.75) is 36.1 Å². The minimum Gasteiger partial charge on any atom is -0.496 e. The fourth-order valence-corrected chi connectivity index (χ4v) is 5.06. The van der Waals surface area contributed by atoms with Crippen LogP contribution in [0.25, 0.3) is 0 Å². The number of hydrogen-bond donors (Lipinski definition) is 2. The van der Waals surface area contributed by atoms with Crippen molar-refractivity contribution in [2.75, 3.05) is 14.2 Å². The van der Waals surface area contributed by atoms with Crippen molar-refractivity contribution in [3.63, 3.8) is 0 Å². The van der Waals surface area contributed by atoms with E-state index in [2.05, 4.69) is 5.32 Å². The first-order chi connectivity index (χ1) is 12.2. The molecule has 0 aliphatic carbocycles. The second-order valence-electron chi connectivity index (χ2n) is 6.59. The number of carboxylic acid groups (broad SMARTS) is 1. The number of hydrogen-bond acceptors (Lipinski definition) is 6. The number of carboxylic acids is 1. The average molecular weight is 380 g/mol. The third kappa shape index (κ3) is 2.66. The van der Waals surface area contributed by atoms with E-state index in [1.165, 1.54) is 30.9 Å². The number of benzene rings is 1. The molecular formula is C17H20N2O6S. The molecule has 0 unspecified atom stereocenters. The predicted octanol–water partition coefficient (Wildman–Crippen LogP) is 0.949. The molecule has 1 aromatic carbocycles. The van der Waals surface area contributed by atoms with E-state index in [0.29, 0.717) is 11.5 Å². The Morgan fingerprint density at radius 3 is 2.31 bits per heavy atom. The summed E-state index contributed by atoms with van der Waals surface area (Å²) in [5.74, 6) is -1.30. The Hall–Kier alpha value is -2.42. The van der Waals surface area contributed by atoms with Crippen LogP contribution in [-0.4, -0.2) is 64.2 Å². The van der Waals surface area contributed by atoms with Gasteiger partial charge in [-0.05, 0) is 26.0 Å². The van der Waals surface area contributed by atoms with Crippen LogP contribution in [0.3, 0.4) is 0 Å². The maximum atomic E-state index is 12.8. The number of carbonyl (C=O) groups excluding carboxylic acids is 2. The van der Waals surface area contributed by atoms with Crippen LogP contribution in [-0.2, 0) is 9.59 Å². The molecule has 2 amide bonds. The molecule has 140 valence electrons. The number of carbonyl (C=O) groups is 3. The zero-order valence-corrected chi connectivity index (χ0v) is 15.6. The van der Waals surface area contributed by atoms with Crippen LogP contribution in [0.5, 0.6) is 11.5 Å². The van der Waals surface area contributed by atoms with E-state index < -0.39 is 40.0 Å². The van der Waals surface area contributed by atoms with Crippen LogP contribution in [0, 0.1) is 0 Å². The number of ether oxygens (including phenoxy) is 2. The molecular weight excluding hydrogens is 360 g/mol. The molecule has 0 saturated carbocycles. The fraction of sp³-hybridized carbons (Fsp3) is 0.471. The van der Waals surface area contributed by atoms with Crippen LogP contribution in [0.2, 0.25) is 0 Å². The van der Waals surface area contributed by atoms with Gasteiger partial charge in [-0.15, -0.1) is 11.8 Å². The third-order valence-electron chi connectivity index (χ3n) is 4.62. The van der Waals surface area contributed by atoms with Crippen LogP contribution in [0.4, 0.5) is 0 Å². The molecule has 0 radical (unpaired) electrons. The predicted molar refractivity (Wildman–Crippen MR) is 94.5 cm³/mol. The Bertz CT molecular complexity index is 758. The Labute approximate surface area is 154 Å². The highest BCUT2D eigenvalue weighted by atomic mass is 32.2. The van der Waals surface area contributed by atoms with Gasteiger partial charge in [0, 0.05) is 4.75 Å². The van der Waals surface area contributed by atoms with Gasteiger partial charge in [0.2, 0.25) is 5.91 Å². The van der Waals surface area contributed by atoms with Crippen LogP contribution in [0.15, 0.2) is 18.2 Å². The molecule has 2 aliphatic heterocycles. The molecule has 1 aromatic rings. The standard InChI is InChI=1S/C17H20N2O6S/c1-17(2)12(16(22)23)19-14(21)11(15(19)26-17)18-13(20)10-8(24-3)6-5-7-9(10)25-4/h5-7,11-12,15H,1-4H3,(H,18,20)(H,22,23)/t11-,12+,15+/m0/s1. The van der Waals surface area contributed by atoms with Gasteiger partial charge in [0.15, 0.2) is 0 Å². The van der Waals surface area contributed by atoms with Crippen molar-refractivity contribution >= 4 is 29.5 Å². The zero-order valence-electron chi connectivity index (χ0n) is 14.8. The normalized spacial score (nSPS) is 25.9.